The third kappa shape index (κ3) is 4.51. The summed E-state index contributed by atoms with van der Waals surface area (Å²) in [5.41, 5.74) is 7.58. The summed E-state index contributed by atoms with van der Waals surface area (Å²) >= 11 is 1.93. The second-order valence-electron chi connectivity index (χ2n) is 14.7. The molecule has 12 aromatic rings. The normalized spacial score (nSPS) is 12.0. The van der Waals surface area contributed by atoms with Gasteiger partial charge in [-0.3, -0.25) is 0 Å². The first-order valence-electron chi connectivity index (χ1n) is 19.0. The van der Waals surface area contributed by atoms with Crippen molar-refractivity contribution in [3.63, 3.8) is 0 Å². The number of benzene rings is 11. The highest BCUT2D eigenvalue weighted by Crippen LogP contribution is 2.48. The third-order valence-corrected chi connectivity index (χ3v) is 13.0. The lowest BCUT2D eigenvalue weighted by molar-refractivity contribution is 1.65. The summed E-state index contributed by atoms with van der Waals surface area (Å²) in [5, 5.41) is 18.2. The molecule has 0 nitrogen and oxygen atoms in total. The highest BCUT2D eigenvalue weighted by Gasteiger charge is 2.20. The largest absolute Gasteiger partial charge is 0.134 e. The zero-order valence-electron chi connectivity index (χ0n) is 29.9. The van der Waals surface area contributed by atoms with Crippen LogP contribution in [0.15, 0.2) is 194 Å². The van der Waals surface area contributed by atoms with Crippen molar-refractivity contribution in [2.24, 2.45) is 0 Å². The minimum Gasteiger partial charge on any atom is -0.134 e. The topological polar surface area (TPSA) is 0 Å². The monoisotopic (exact) mass is 712 g/mol. The average molecular weight is 713 g/mol. The van der Waals surface area contributed by atoms with Gasteiger partial charge in [-0.25, -0.2) is 0 Å². The van der Waals surface area contributed by atoms with Crippen LogP contribution < -0.4 is 0 Å². The lowest BCUT2D eigenvalue weighted by atomic mass is 9.84. The fraction of sp³-hybridized carbons (Fsp3) is 0. The van der Waals surface area contributed by atoms with Gasteiger partial charge in [0.2, 0.25) is 0 Å². The molecule has 0 bridgehead atoms. The smallest absolute Gasteiger partial charge is 0.0440 e. The number of hydrogen-bond acceptors (Lipinski definition) is 1. The van der Waals surface area contributed by atoms with Gasteiger partial charge in [0.25, 0.3) is 0 Å². The molecule has 0 atom stereocenters. The maximum atomic E-state index is 2.42. The Morgan fingerprint density at radius 1 is 0.273 bits per heavy atom. The number of hydrogen-bond donors (Lipinski definition) is 0. The van der Waals surface area contributed by atoms with E-state index in [1.54, 1.807) is 0 Å². The number of rotatable bonds is 3. The van der Waals surface area contributed by atoms with E-state index in [-0.39, 0.29) is 0 Å². The van der Waals surface area contributed by atoms with E-state index in [0.717, 1.165) is 0 Å². The zero-order valence-corrected chi connectivity index (χ0v) is 30.7. The van der Waals surface area contributed by atoms with Gasteiger partial charge in [0, 0.05) is 25.6 Å². The Labute approximate surface area is 322 Å². The van der Waals surface area contributed by atoms with Crippen LogP contribution >= 0.6 is 11.3 Å². The van der Waals surface area contributed by atoms with E-state index in [2.05, 4.69) is 194 Å². The summed E-state index contributed by atoms with van der Waals surface area (Å²) in [6.07, 6.45) is 0. The van der Waals surface area contributed by atoms with E-state index in [1.807, 2.05) is 11.3 Å². The van der Waals surface area contributed by atoms with Gasteiger partial charge >= 0.3 is 0 Å². The van der Waals surface area contributed by atoms with Crippen LogP contribution in [0.1, 0.15) is 0 Å². The number of thiophene rings is 1. The predicted octanol–water partition coefficient (Wildman–Crippen LogP) is 16.0. The van der Waals surface area contributed by atoms with Gasteiger partial charge in [-0.15, -0.1) is 11.3 Å². The maximum Gasteiger partial charge on any atom is 0.0440 e. The Balaban J connectivity index is 1.07. The van der Waals surface area contributed by atoms with Crippen molar-refractivity contribution in [2.45, 2.75) is 0 Å². The summed E-state index contributed by atoms with van der Waals surface area (Å²) in [4.78, 5) is 0. The molecule has 0 unspecified atom stereocenters. The van der Waals surface area contributed by atoms with Gasteiger partial charge in [-0.05, 0) is 111 Å². The molecule has 254 valence electrons. The van der Waals surface area contributed by atoms with Crippen LogP contribution in [-0.2, 0) is 0 Å². The van der Waals surface area contributed by atoms with Crippen LogP contribution in [0.25, 0.3) is 118 Å². The molecule has 0 saturated carbocycles. The van der Waals surface area contributed by atoms with Crippen molar-refractivity contribution < 1.29 is 0 Å². The molecule has 1 aromatic heterocycles. The lowest BCUT2D eigenvalue weighted by Gasteiger charge is -2.19. The molecule has 0 aliphatic carbocycles. The van der Waals surface area contributed by atoms with Crippen LogP contribution in [0.3, 0.4) is 0 Å². The van der Waals surface area contributed by atoms with Crippen molar-refractivity contribution in [1.82, 2.24) is 0 Å². The van der Waals surface area contributed by atoms with E-state index in [9.17, 15) is 0 Å². The molecule has 11 aromatic carbocycles. The zero-order chi connectivity index (χ0) is 36.0. The van der Waals surface area contributed by atoms with Crippen molar-refractivity contribution >= 4 is 96.1 Å². The van der Waals surface area contributed by atoms with Gasteiger partial charge in [0.05, 0.1) is 0 Å². The Morgan fingerprint density at radius 3 is 1.45 bits per heavy atom. The average Bonchev–Trinajstić information content (AvgIpc) is 3.63. The molecule has 0 saturated heterocycles. The van der Waals surface area contributed by atoms with Crippen LogP contribution in [-0.4, -0.2) is 0 Å². The maximum absolute atomic E-state index is 2.42. The molecular weight excluding hydrogens is 681 g/mol. The standard InChI is InChI=1S/C54H32S/c1-2-14-33(15-3-1)51-43-21-9-11-23-45(43)52(46-24-12-10-22-44(46)51)47-29-28-37(38-16-4-5-17-39(38)47)35-27-26-34-31-49-50(32-36(34)30-35)55-54-48-25-13-7-19-41(48)40-18-6-8-20-42(40)53(49)54/h1-32H. The lowest BCUT2D eigenvalue weighted by Crippen LogP contribution is -1.92. The van der Waals surface area contributed by atoms with Gasteiger partial charge < -0.3 is 0 Å². The first kappa shape index (κ1) is 30.6. The number of fused-ring (bicyclic) bond motifs is 12. The minimum atomic E-state index is 1.24. The van der Waals surface area contributed by atoms with E-state index >= 15 is 0 Å². The minimum absolute atomic E-state index is 1.24. The second kappa shape index (κ2) is 11.9. The molecule has 12 rings (SSSR count). The predicted molar refractivity (Wildman–Crippen MR) is 241 cm³/mol. The Kier molecular flexibility index (Phi) is 6.60. The third-order valence-electron chi connectivity index (χ3n) is 11.8. The molecule has 0 aliphatic heterocycles. The van der Waals surface area contributed by atoms with Crippen LogP contribution in [0.5, 0.6) is 0 Å². The summed E-state index contributed by atoms with van der Waals surface area (Å²) < 4.78 is 2.71. The summed E-state index contributed by atoms with van der Waals surface area (Å²) in [6, 6.07) is 72.1. The summed E-state index contributed by atoms with van der Waals surface area (Å²) in [6.45, 7) is 0. The van der Waals surface area contributed by atoms with Crippen LogP contribution in [0.4, 0.5) is 0 Å². The Morgan fingerprint density at radius 2 is 0.782 bits per heavy atom. The molecule has 0 fully saturated rings. The molecule has 0 aliphatic rings. The van der Waals surface area contributed by atoms with Crippen LogP contribution in [0, 0.1) is 0 Å². The Hall–Kier alpha value is -6.80. The molecule has 0 N–H and O–H groups in total. The quantitative estimate of drug-likeness (QED) is 0.126. The Bertz CT molecular complexity index is 3480. The van der Waals surface area contributed by atoms with Gasteiger partial charge in [0.1, 0.15) is 0 Å². The first-order valence-corrected chi connectivity index (χ1v) is 19.8. The van der Waals surface area contributed by atoms with Gasteiger partial charge in [-0.2, -0.15) is 0 Å². The molecule has 1 heterocycles. The van der Waals surface area contributed by atoms with E-state index in [4.69, 9.17) is 0 Å². The summed E-state index contributed by atoms with van der Waals surface area (Å²) in [5.74, 6) is 0. The SMILES string of the molecule is c1ccc(-c2c3ccccc3c(-c3ccc(-c4ccc5cc6c(cc5c4)sc4c5ccccc5c5ccccc5c64)c4ccccc34)c3ccccc23)cc1. The first-order chi connectivity index (χ1) is 27.3. The fourth-order valence-electron chi connectivity index (χ4n) is 9.42. The van der Waals surface area contributed by atoms with Gasteiger partial charge in [-0.1, -0.05) is 176 Å². The van der Waals surface area contributed by atoms with Crippen molar-refractivity contribution in [2.75, 3.05) is 0 Å². The molecule has 1 heteroatoms. The van der Waals surface area contributed by atoms with Crippen molar-refractivity contribution in [1.29, 1.82) is 0 Å². The molecule has 0 spiro atoms. The molecule has 0 amide bonds. The second-order valence-corrected chi connectivity index (χ2v) is 15.8. The van der Waals surface area contributed by atoms with Crippen molar-refractivity contribution in [3.05, 3.63) is 194 Å². The van der Waals surface area contributed by atoms with E-state index < -0.39 is 0 Å². The van der Waals surface area contributed by atoms with E-state index in [0.29, 0.717) is 0 Å². The highest BCUT2D eigenvalue weighted by atomic mass is 32.1. The molecular formula is C54H32S. The fourth-order valence-corrected chi connectivity index (χ4v) is 10.7. The van der Waals surface area contributed by atoms with Crippen molar-refractivity contribution in [3.8, 4) is 33.4 Å². The van der Waals surface area contributed by atoms with E-state index in [1.165, 1.54) is 118 Å². The molecule has 55 heavy (non-hydrogen) atoms. The van der Waals surface area contributed by atoms with Gasteiger partial charge in [0.15, 0.2) is 0 Å². The summed E-state index contributed by atoms with van der Waals surface area (Å²) in [7, 11) is 0. The molecule has 0 radical (unpaired) electrons. The van der Waals surface area contributed by atoms with Crippen LogP contribution in [0.2, 0.25) is 0 Å². The highest BCUT2D eigenvalue weighted by molar-refractivity contribution is 7.27.